The first kappa shape index (κ1) is 28.6. The lowest BCUT2D eigenvalue weighted by molar-refractivity contribution is -0.132. The van der Waals surface area contributed by atoms with Gasteiger partial charge in [0.25, 0.3) is 0 Å². The van der Waals surface area contributed by atoms with Crippen molar-refractivity contribution in [2.75, 3.05) is 0 Å². The Hall–Kier alpha value is 0.608. The standard InChI is InChI=1S/C16H44O5Si7/c1-15(16(17)18)13-11-12-14-28(25(5,6)19-22-2,26(7,8)20-23-3)27(9,10)21-24-4/h1,11-14,22-24H2,2-10H3,(H,17,18). The van der Waals surface area contributed by atoms with Crippen LogP contribution in [-0.2, 0) is 17.1 Å². The van der Waals surface area contributed by atoms with E-state index in [0.717, 1.165) is 12.8 Å². The summed E-state index contributed by atoms with van der Waals surface area (Å²) in [6.45, 7) is 23.2. The molecule has 0 fully saturated rings. The predicted octanol–water partition coefficient (Wildman–Crippen LogP) is 2.54. The summed E-state index contributed by atoms with van der Waals surface area (Å²) in [6, 6.07) is 1.18. The highest BCUT2D eigenvalue weighted by molar-refractivity contribution is 7.87. The molecule has 1 N–H and O–H groups in total. The van der Waals surface area contributed by atoms with E-state index < -0.39 is 65.4 Å². The van der Waals surface area contributed by atoms with E-state index in [1.54, 1.807) is 0 Å². The quantitative estimate of drug-likeness (QED) is 0.207. The van der Waals surface area contributed by atoms with Crippen molar-refractivity contribution < 1.29 is 22.2 Å². The third-order valence-corrected chi connectivity index (χ3v) is 82.7. The highest BCUT2D eigenvalue weighted by atomic mass is 29.9. The van der Waals surface area contributed by atoms with Gasteiger partial charge >= 0.3 is 5.97 Å². The molecule has 166 valence electrons. The maximum absolute atomic E-state index is 11.1. The SMILES string of the molecule is C=C(CCCC[Si]([Si](C)(C)O[SiH2]C)([Si](C)(C)O[SiH2]C)[Si](C)(C)O[SiH2]C)C(=O)O. The van der Waals surface area contributed by atoms with Crippen molar-refractivity contribution in [2.24, 2.45) is 0 Å². The van der Waals surface area contributed by atoms with Gasteiger partial charge in [-0.15, -0.1) is 0 Å². The van der Waals surface area contributed by atoms with Crippen LogP contribution in [0.1, 0.15) is 19.3 Å². The average Bonchev–Trinajstić information content (AvgIpc) is 2.53. The molecule has 0 aliphatic carbocycles. The molecular weight excluding hydrogens is 469 g/mol. The minimum atomic E-state index is -1.96. The molecule has 0 radical (unpaired) electrons. The molecule has 0 saturated carbocycles. The van der Waals surface area contributed by atoms with Gasteiger partial charge in [-0.1, -0.05) is 38.7 Å². The Labute approximate surface area is 183 Å². The minimum absolute atomic E-state index is 0.323. The predicted molar refractivity (Wildman–Crippen MR) is 140 cm³/mol. The summed E-state index contributed by atoms with van der Waals surface area (Å²) in [4.78, 5) is 11.1. The smallest absolute Gasteiger partial charge is 0.330 e. The first-order valence-electron chi connectivity index (χ1n) is 10.6. The second-order valence-corrected chi connectivity index (χ2v) is 48.4. The molecule has 0 atom stereocenters. The van der Waals surface area contributed by atoms with Crippen molar-refractivity contribution in [1.82, 2.24) is 0 Å². The molecule has 0 aliphatic heterocycles. The summed E-state index contributed by atoms with van der Waals surface area (Å²) >= 11 is 0. The Balaban J connectivity index is 6.12. The van der Waals surface area contributed by atoms with E-state index in [4.69, 9.17) is 17.5 Å². The van der Waals surface area contributed by atoms with Crippen LogP contribution in [0.4, 0.5) is 0 Å². The van der Waals surface area contributed by atoms with Gasteiger partial charge in [0, 0.05) is 5.57 Å². The third kappa shape index (κ3) is 6.55. The molecular formula is C16H44O5Si7. The van der Waals surface area contributed by atoms with Crippen molar-refractivity contribution in [3.05, 3.63) is 12.2 Å². The maximum Gasteiger partial charge on any atom is 0.330 e. The van der Waals surface area contributed by atoms with Crippen LogP contribution >= 0.6 is 0 Å². The molecule has 0 aromatic rings. The van der Waals surface area contributed by atoms with Crippen LogP contribution in [0, 0.1) is 0 Å². The maximum atomic E-state index is 11.1. The van der Waals surface area contributed by atoms with Crippen LogP contribution in [0.15, 0.2) is 12.2 Å². The number of hydrogen-bond acceptors (Lipinski definition) is 4. The number of carboxylic acids is 1. The number of carbonyl (C=O) groups is 1. The van der Waals surface area contributed by atoms with E-state index in [1.807, 2.05) is 0 Å². The van der Waals surface area contributed by atoms with Crippen LogP contribution < -0.4 is 0 Å². The summed E-state index contributed by atoms with van der Waals surface area (Å²) in [5, 5.41) is 9.12. The summed E-state index contributed by atoms with van der Waals surface area (Å²) in [6.07, 6.45) is 2.50. The van der Waals surface area contributed by atoms with Crippen molar-refractivity contribution in [3.8, 4) is 0 Å². The fraction of sp³-hybridized carbons (Fsp3) is 0.812. The van der Waals surface area contributed by atoms with Gasteiger partial charge in [-0.3, -0.25) is 0 Å². The zero-order valence-electron chi connectivity index (χ0n) is 19.7. The molecule has 0 amide bonds. The molecule has 0 aromatic heterocycles. The number of unbranched alkanes of at least 4 members (excludes halogenated alkanes) is 1. The average molecular weight is 513 g/mol. The van der Waals surface area contributed by atoms with Gasteiger partial charge in [0.15, 0.2) is 23.5 Å². The molecule has 0 unspecified atom stereocenters. The van der Waals surface area contributed by atoms with Gasteiger partial charge in [0.2, 0.25) is 0 Å². The summed E-state index contributed by atoms with van der Waals surface area (Å²) < 4.78 is 20.2. The zero-order valence-corrected chi connectivity index (χ0v) is 28.0. The number of carboxylic acid groups (broad SMARTS) is 1. The molecule has 0 heterocycles. The highest BCUT2D eigenvalue weighted by Gasteiger charge is 2.69. The van der Waals surface area contributed by atoms with Crippen molar-refractivity contribution in [3.63, 3.8) is 0 Å². The Morgan fingerprint density at radius 1 is 0.821 bits per heavy atom. The van der Waals surface area contributed by atoms with Gasteiger partial charge in [-0.05, 0) is 52.1 Å². The molecule has 28 heavy (non-hydrogen) atoms. The van der Waals surface area contributed by atoms with E-state index in [9.17, 15) is 4.79 Å². The van der Waals surface area contributed by atoms with Crippen molar-refractivity contribution in [1.29, 1.82) is 0 Å². The molecule has 0 aliphatic rings. The number of aliphatic carboxylic acids is 1. The first-order valence-corrected chi connectivity index (χ1v) is 30.5. The summed E-state index contributed by atoms with van der Waals surface area (Å²) in [7, 11) is -7.36. The van der Waals surface area contributed by atoms with Crippen LogP contribution in [0.5, 0.6) is 0 Å². The molecule has 12 heteroatoms. The van der Waals surface area contributed by atoms with E-state index in [2.05, 4.69) is 65.5 Å². The van der Waals surface area contributed by atoms with Gasteiger partial charge in [-0.25, -0.2) is 4.79 Å². The topological polar surface area (TPSA) is 65.0 Å². The second kappa shape index (κ2) is 11.9. The normalized spacial score (nSPS) is 16.6. The molecule has 0 aromatic carbocycles. The van der Waals surface area contributed by atoms with E-state index >= 15 is 0 Å². The van der Waals surface area contributed by atoms with Crippen LogP contribution in [0.3, 0.4) is 0 Å². The molecule has 0 bridgehead atoms. The van der Waals surface area contributed by atoms with Crippen molar-refractivity contribution >= 4 is 65.4 Å². The zero-order chi connectivity index (χ0) is 22.2. The largest absolute Gasteiger partial charge is 0.478 e. The van der Waals surface area contributed by atoms with Crippen LogP contribution in [-0.4, -0.2) is 70.5 Å². The lowest BCUT2D eigenvalue weighted by atomic mass is 10.1. The van der Waals surface area contributed by atoms with Gasteiger partial charge in [0.1, 0.15) is 35.9 Å². The highest BCUT2D eigenvalue weighted by Crippen LogP contribution is 2.42. The molecule has 0 spiro atoms. The lowest BCUT2D eigenvalue weighted by Gasteiger charge is -2.58. The minimum Gasteiger partial charge on any atom is -0.478 e. The first-order chi connectivity index (χ1) is 12.8. The third-order valence-electron chi connectivity index (χ3n) is 6.18. The number of hydrogen-bond donors (Lipinski definition) is 1. The van der Waals surface area contributed by atoms with E-state index in [-0.39, 0.29) is 0 Å². The van der Waals surface area contributed by atoms with E-state index in [0.29, 0.717) is 12.0 Å². The summed E-state index contributed by atoms with van der Waals surface area (Å²) in [5.74, 6) is -0.872. The van der Waals surface area contributed by atoms with Gasteiger partial charge in [0.05, 0.1) is 0 Å². The second-order valence-electron chi connectivity index (χ2n) is 8.85. The monoisotopic (exact) mass is 512 g/mol. The van der Waals surface area contributed by atoms with Gasteiger partial charge < -0.3 is 17.5 Å². The molecule has 0 saturated heterocycles. The lowest BCUT2D eigenvalue weighted by Crippen LogP contribution is -2.87. The Morgan fingerprint density at radius 3 is 1.46 bits per heavy atom. The Kier molecular flexibility index (Phi) is 12.1. The van der Waals surface area contributed by atoms with Crippen LogP contribution in [0.25, 0.3) is 0 Å². The fourth-order valence-corrected chi connectivity index (χ4v) is 105. The van der Waals surface area contributed by atoms with Crippen molar-refractivity contribution in [2.45, 2.75) is 84.2 Å². The molecule has 0 rings (SSSR count). The van der Waals surface area contributed by atoms with E-state index in [1.165, 1.54) is 6.04 Å². The summed E-state index contributed by atoms with van der Waals surface area (Å²) in [5.41, 5.74) is 0.323. The Bertz CT molecular complexity index is 480. The number of rotatable bonds is 15. The Morgan fingerprint density at radius 2 is 1.18 bits per heavy atom. The van der Waals surface area contributed by atoms with Crippen LogP contribution in [0.2, 0.25) is 65.0 Å². The van der Waals surface area contributed by atoms with Gasteiger partial charge in [-0.2, -0.15) is 0 Å². The molecule has 5 nitrogen and oxygen atoms in total. The fourth-order valence-electron chi connectivity index (χ4n) is 5.37.